The number of carbonyl (C=O) groups excluding carboxylic acids is 1. The number of ether oxygens (including phenoxy) is 1. The molecule has 41 heavy (non-hydrogen) atoms. The largest absolute Gasteiger partial charge is 0.478 e. The number of nitrogens with zero attached hydrogens (tertiary/aromatic N) is 3. The van der Waals surface area contributed by atoms with Gasteiger partial charge in [-0.15, -0.1) is 0 Å². The highest BCUT2D eigenvalue weighted by Crippen LogP contribution is 2.63. The van der Waals surface area contributed by atoms with Gasteiger partial charge in [0.1, 0.15) is 18.0 Å². The summed E-state index contributed by atoms with van der Waals surface area (Å²) in [5, 5.41) is 18.5. The number of likely N-dealkylation sites (tertiary alicyclic amines) is 1. The zero-order valence-electron chi connectivity index (χ0n) is 21.5. The number of aromatic carboxylic acids is 1. The van der Waals surface area contributed by atoms with Gasteiger partial charge < -0.3 is 15.2 Å². The Morgan fingerprint density at radius 2 is 2.00 bits per heavy atom. The number of carboxylic acid groups (broad SMARTS) is 1. The number of carbonyl (C=O) groups is 2. The molecule has 2 N–H and O–H groups in total. The second-order valence-electron chi connectivity index (χ2n) is 11.3. The van der Waals surface area contributed by atoms with E-state index in [0.29, 0.717) is 45.5 Å². The molecule has 1 spiro atoms. The molecule has 11 heteroatoms. The van der Waals surface area contributed by atoms with Crippen LogP contribution in [-0.2, 0) is 10.3 Å². The van der Waals surface area contributed by atoms with Crippen LogP contribution in [0, 0.1) is 11.7 Å². The van der Waals surface area contributed by atoms with Crippen molar-refractivity contribution in [2.24, 2.45) is 5.92 Å². The summed E-state index contributed by atoms with van der Waals surface area (Å²) in [4.78, 5) is 28.3. The van der Waals surface area contributed by atoms with Gasteiger partial charge in [0.05, 0.1) is 33.6 Å². The van der Waals surface area contributed by atoms with Crippen molar-refractivity contribution >= 4 is 51.7 Å². The molecule has 208 valence electrons. The Hall–Kier alpha value is -3.66. The fourth-order valence-corrected chi connectivity index (χ4v) is 7.58. The summed E-state index contributed by atoms with van der Waals surface area (Å²) in [7, 11) is 0. The van der Waals surface area contributed by atoms with E-state index >= 15 is 4.39 Å². The molecule has 0 bridgehead atoms. The summed E-state index contributed by atoms with van der Waals surface area (Å²) in [6.45, 7) is 0.837. The molecule has 8 rings (SSSR count). The van der Waals surface area contributed by atoms with Crippen LogP contribution in [0.3, 0.4) is 0 Å². The second-order valence-corrected chi connectivity index (χ2v) is 12.1. The summed E-state index contributed by atoms with van der Waals surface area (Å²) in [5.74, 6) is -1.86. The summed E-state index contributed by atoms with van der Waals surface area (Å²) in [5.41, 5.74) is 0.982. The highest BCUT2D eigenvalue weighted by atomic mass is 35.5. The van der Waals surface area contributed by atoms with Gasteiger partial charge in [-0.25, -0.2) is 13.9 Å². The minimum absolute atomic E-state index is 0.0337. The Labute approximate surface area is 243 Å². The minimum atomic E-state index is -1.29. The lowest BCUT2D eigenvalue weighted by Gasteiger charge is -2.39. The highest BCUT2D eigenvalue weighted by molar-refractivity contribution is 6.31. The van der Waals surface area contributed by atoms with E-state index in [1.807, 2.05) is 6.07 Å². The molecule has 4 aromatic rings. The first-order valence-electron chi connectivity index (χ1n) is 13.5. The molecular weight excluding hydrogens is 570 g/mol. The fraction of sp³-hybridized carbons (Fsp3) is 0.300. The monoisotopic (exact) mass is 592 g/mol. The number of fused-ring (bicyclic) bond motifs is 7. The minimum Gasteiger partial charge on any atom is -0.478 e. The smallest absolute Gasteiger partial charge is 0.335 e. The van der Waals surface area contributed by atoms with Crippen LogP contribution in [0.5, 0.6) is 5.88 Å². The highest BCUT2D eigenvalue weighted by Gasteiger charge is 2.69. The van der Waals surface area contributed by atoms with Crippen LogP contribution < -0.4 is 10.1 Å². The average Bonchev–Trinajstić information content (AvgIpc) is 3.54. The van der Waals surface area contributed by atoms with Gasteiger partial charge in [-0.2, -0.15) is 5.10 Å². The number of hydrogen-bond donors (Lipinski definition) is 2. The third-order valence-electron chi connectivity index (χ3n) is 9.06. The second kappa shape index (κ2) is 8.67. The van der Waals surface area contributed by atoms with Gasteiger partial charge in [-0.1, -0.05) is 41.4 Å². The topological polar surface area (TPSA) is 96.7 Å². The van der Waals surface area contributed by atoms with Crippen LogP contribution in [0.25, 0.3) is 10.9 Å². The van der Waals surface area contributed by atoms with Crippen molar-refractivity contribution in [1.82, 2.24) is 14.7 Å². The molecule has 1 aromatic heterocycles. The third kappa shape index (κ3) is 3.40. The Bertz CT molecular complexity index is 1810. The predicted octanol–water partition coefficient (Wildman–Crippen LogP) is 5.84. The molecular formula is C30H23Cl2FN4O4. The van der Waals surface area contributed by atoms with Gasteiger partial charge in [0.2, 0.25) is 11.8 Å². The molecule has 1 saturated carbocycles. The zero-order valence-corrected chi connectivity index (χ0v) is 23.0. The maximum Gasteiger partial charge on any atom is 0.335 e. The molecule has 1 aliphatic carbocycles. The maximum absolute atomic E-state index is 16.1. The molecule has 0 unspecified atom stereocenters. The van der Waals surface area contributed by atoms with Crippen LogP contribution in [0.15, 0.2) is 54.6 Å². The number of anilines is 1. The zero-order chi connectivity index (χ0) is 28.2. The maximum atomic E-state index is 16.1. The van der Waals surface area contributed by atoms with Crippen LogP contribution >= 0.6 is 23.2 Å². The van der Waals surface area contributed by atoms with E-state index < -0.39 is 29.3 Å². The van der Waals surface area contributed by atoms with Crippen molar-refractivity contribution in [2.45, 2.75) is 36.4 Å². The lowest BCUT2D eigenvalue weighted by molar-refractivity contribution is -0.128. The van der Waals surface area contributed by atoms with E-state index in [0.717, 1.165) is 18.4 Å². The van der Waals surface area contributed by atoms with E-state index in [-0.39, 0.29) is 29.1 Å². The Morgan fingerprint density at radius 1 is 1.17 bits per heavy atom. The van der Waals surface area contributed by atoms with Gasteiger partial charge in [0.15, 0.2) is 0 Å². The van der Waals surface area contributed by atoms with Crippen LogP contribution in [0.1, 0.15) is 46.3 Å². The Morgan fingerprint density at radius 3 is 2.78 bits per heavy atom. The molecule has 4 heterocycles. The average molecular weight is 593 g/mol. The fourth-order valence-electron chi connectivity index (χ4n) is 7.22. The van der Waals surface area contributed by atoms with E-state index in [1.54, 1.807) is 35.0 Å². The molecule has 4 atom stereocenters. The third-order valence-corrected chi connectivity index (χ3v) is 9.59. The Kier molecular flexibility index (Phi) is 5.31. The quantitative estimate of drug-likeness (QED) is 0.309. The number of carboxylic acids is 1. The van der Waals surface area contributed by atoms with E-state index in [1.165, 1.54) is 18.2 Å². The SMILES string of the molecule is O=C(O)c1ccc2nn3c(c2c1)OC[C@@H]1[C@H]3[C@@H](c2cccc(Cl)c2F)[C@@]2(C(=O)Nc3cc(Cl)ccc32)N1CC1CC1. The van der Waals surface area contributed by atoms with Crippen molar-refractivity contribution in [3.05, 3.63) is 87.2 Å². The molecule has 1 amide bonds. The van der Waals surface area contributed by atoms with E-state index in [2.05, 4.69) is 10.2 Å². The molecule has 8 nitrogen and oxygen atoms in total. The number of aromatic nitrogens is 2. The number of halogens is 3. The van der Waals surface area contributed by atoms with Crippen LogP contribution in [0.2, 0.25) is 10.0 Å². The van der Waals surface area contributed by atoms with Gasteiger partial charge in [0, 0.05) is 28.7 Å². The standard InChI is InChI=1S/C30H23Cl2FN4O4/c31-16-7-8-19-22(11-16)34-29(40)30(19)24(17-2-1-3-20(32)25(17)33)26-23(36(30)12-14-4-5-14)13-41-27-18-10-15(28(38)39)6-9-21(18)35-37(26)27/h1-3,6-11,14,23-24,26H,4-5,12-13H2,(H,34,40)(H,38,39)/t23-,24-,26+,30+/m1/s1. The Balaban J connectivity index is 1.43. The number of rotatable bonds is 4. The van der Waals surface area contributed by atoms with Gasteiger partial charge in [0.25, 0.3) is 0 Å². The molecule has 3 aromatic carbocycles. The van der Waals surface area contributed by atoms with Crippen LogP contribution in [-0.4, -0.2) is 50.9 Å². The first-order valence-corrected chi connectivity index (χ1v) is 14.2. The molecule has 0 radical (unpaired) electrons. The predicted molar refractivity (Wildman–Crippen MR) is 150 cm³/mol. The van der Waals surface area contributed by atoms with Crippen molar-refractivity contribution in [3.8, 4) is 5.88 Å². The lowest BCUT2D eigenvalue weighted by atomic mass is 9.73. The summed E-state index contributed by atoms with van der Waals surface area (Å²) < 4.78 is 24.2. The normalized spacial score (nSPS) is 26.5. The number of nitrogens with one attached hydrogen (secondary N) is 1. The van der Waals surface area contributed by atoms with Gasteiger partial charge in [-0.05, 0) is 60.7 Å². The van der Waals surface area contributed by atoms with E-state index in [4.69, 9.17) is 33.0 Å². The first kappa shape index (κ1) is 25.1. The summed E-state index contributed by atoms with van der Waals surface area (Å²) in [6.07, 6.45) is 2.09. The molecule has 3 aliphatic heterocycles. The summed E-state index contributed by atoms with van der Waals surface area (Å²) >= 11 is 12.7. The van der Waals surface area contributed by atoms with Crippen LogP contribution in [0.4, 0.5) is 10.1 Å². The molecule has 1 saturated heterocycles. The number of amides is 1. The van der Waals surface area contributed by atoms with E-state index in [9.17, 15) is 14.7 Å². The van der Waals surface area contributed by atoms with Crippen molar-refractivity contribution < 1.29 is 23.8 Å². The van der Waals surface area contributed by atoms with Gasteiger partial charge in [-0.3, -0.25) is 9.69 Å². The van der Waals surface area contributed by atoms with Gasteiger partial charge >= 0.3 is 5.97 Å². The van der Waals surface area contributed by atoms with Crippen molar-refractivity contribution in [1.29, 1.82) is 0 Å². The summed E-state index contributed by atoms with van der Waals surface area (Å²) in [6, 6.07) is 14.0. The number of benzene rings is 3. The molecule has 4 aliphatic rings. The number of hydrogen-bond acceptors (Lipinski definition) is 5. The van der Waals surface area contributed by atoms with Crippen molar-refractivity contribution in [3.63, 3.8) is 0 Å². The lowest BCUT2D eigenvalue weighted by Crippen LogP contribution is -2.54. The first-order chi connectivity index (χ1) is 19.8. The molecule has 2 fully saturated rings. The van der Waals surface area contributed by atoms with Crippen molar-refractivity contribution in [2.75, 3.05) is 18.5 Å².